The van der Waals surface area contributed by atoms with Crippen molar-refractivity contribution in [2.45, 2.75) is 0 Å². The summed E-state index contributed by atoms with van der Waals surface area (Å²) in [6.07, 6.45) is 1.41. The van der Waals surface area contributed by atoms with Crippen molar-refractivity contribution in [3.8, 4) is 0 Å². The average molecular weight is 287 g/mol. The van der Waals surface area contributed by atoms with Crippen LogP contribution >= 0.6 is 11.3 Å². The van der Waals surface area contributed by atoms with Crippen LogP contribution in [0.2, 0.25) is 0 Å². The maximum atomic E-state index is 11.3. The Labute approximate surface area is 108 Å². The lowest BCUT2D eigenvalue weighted by atomic mass is 10.4. The van der Waals surface area contributed by atoms with Gasteiger partial charge in [-0.05, 0) is 0 Å². The third kappa shape index (κ3) is 2.12. The molecule has 0 spiro atoms. The summed E-state index contributed by atoms with van der Waals surface area (Å²) in [6, 6.07) is 1.46. The van der Waals surface area contributed by atoms with Gasteiger partial charge < -0.3 is 9.66 Å². The minimum absolute atomic E-state index is 0.0134. The molecule has 1 N–H and O–H groups in total. The molecule has 2 heterocycles. The molecule has 96 valence electrons. The predicted molar refractivity (Wildman–Crippen MR) is 63.3 cm³/mol. The number of nitrogens with zero attached hydrogens (tertiary/aromatic N) is 4. The molecule has 0 aliphatic rings. The summed E-state index contributed by atoms with van der Waals surface area (Å²) in [4.78, 5) is 14.6. The van der Waals surface area contributed by atoms with Gasteiger partial charge in [0.1, 0.15) is 10.8 Å². The second-order valence-electron chi connectivity index (χ2n) is 3.14. The van der Waals surface area contributed by atoms with Crippen LogP contribution in [0.5, 0.6) is 0 Å². The minimum Gasteiger partial charge on any atom is -0.755 e. The van der Waals surface area contributed by atoms with Gasteiger partial charge in [-0.3, -0.25) is 8.89 Å². The number of anilines is 2. The molecule has 0 bridgehead atoms. The zero-order valence-corrected chi connectivity index (χ0v) is 10.6. The van der Waals surface area contributed by atoms with Crippen molar-refractivity contribution >= 4 is 39.4 Å². The van der Waals surface area contributed by atoms with E-state index in [2.05, 4.69) is 10.1 Å². The second kappa shape index (κ2) is 4.84. The Balaban J connectivity index is 2.56. The molecule has 0 saturated heterocycles. The van der Waals surface area contributed by atoms with E-state index < -0.39 is 17.2 Å². The number of aromatic carboxylic acids is 1. The lowest BCUT2D eigenvalue weighted by molar-refractivity contribution is 0.0692. The minimum atomic E-state index is -2.67. The van der Waals surface area contributed by atoms with Gasteiger partial charge in [0.05, 0.1) is 23.0 Å². The highest BCUT2D eigenvalue weighted by atomic mass is 32.2. The lowest BCUT2D eigenvalue weighted by Crippen LogP contribution is -2.23. The molecule has 0 fully saturated rings. The largest absolute Gasteiger partial charge is 0.755 e. The topological polar surface area (TPSA) is 111 Å². The first-order chi connectivity index (χ1) is 8.52. The molecule has 1 atom stereocenters. The van der Waals surface area contributed by atoms with Gasteiger partial charge in [0.15, 0.2) is 5.69 Å². The van der Waals surface area contributed by atoms with Crippen molar-refractivity contribution in [1.82, 2.24) is 14.8 Å². The third-order valence-electron chi connectivity index (χ3n) is 2.09. The van der Waals surface area contributed by atoms with Crippen LogP contribution in [0.1, 0.15) is 10.5 Å². The first-order valence-corrected chi connectivity index (χ1v) is 6.47. The fourth-order valence-electron chi connectivity index (χ4n) is 1.35. The van der Waals surface area contributed by atoms with E-state index in [1.54, 1.807) is 7.05 Å². The van der Waals surface area contributed by atoms with Gasteiger partial charge in [0, 0.05) is 13.1 Å². The van der Waals surface area contributed by atoms with Crippen molar-refractivity contribution in [2.75, 3.05) is 4.31 Å². The number of hydrogen-bond donors (Lipinski definition) is 1. The second-order valence-corrected chi connectivity index (χ2v) is 4.77. The Morgan fingerprint density at radius 3 is 2.89 bits per heavy atom. The fourth-order valence-corrected chi connectivity index (χ4v) is 2.91. The van der Waals surface area contributed by atoms with E-state index in [4.69, 9.17) is 5.11 Å². The summed E-state index contributed by atoms with van der Waals surface area (Å²) in [5.41, 5.74) is 0.958. The molecular weight excluding hydrogens is 280 g/mol. The maximum absolute atomic E-state index is 11.3. The summed E-state index contributed by atoms with van der Waals surface area (Å²) < 4.78 is 24.8. The van der Waals surface area contributed by atoms with E-state index >= 15 is 0 Å². The Morgan fingerprint density at radius 2 is 2.39 bits per heavy atom. The first-order valence-electron chi connectivity index (χ1n) is 4.56. The number of hydrogen-bond acceptors (Lipinski definition) is 6. The molecule has 0 aromatic carbocycles. The molecule has 10 heteroatoms. The summed E-state index contributed by atoms with van der Waals surface area (Å²) in [5.74, 6) is -1.06. The molecule has 0 saturated carbocycles. The van der Waals surface area contributed by atoms with Crippen LogP contribution in [0.15, 0.2) is 17.8 Å². The van der Waals surface area contributed by atoms with E-state index in [0.717, 1.165) is 15.6 Å². The highest BCUT2D eigenvalue weighted by Gasteiger charge is 2.23. The number of carbonyl (C=O) groups is 1. The zero-order chi connectivity index (χ0) is 13.3. The molecule has 2 aromatic heterocycles. The third-order valence-corrected chi connectivity index (χ3v) is 3.68. The van der Waals surface area contributed by atoms with Crippen LogP contribution < -0.4 is 4.31 Å². The quantitative estimate of drug-likeness (QED) is 0.820. The van der Waals surface area contributed by atoms with Gasteiger partial charge in [-0.15, -0.1) is 11.3 Å². The van der Waals surface area contributed by atoms with Gasteiger partial charge in [0.25, 0.3) is 0 Å². The van der Waals surface area contributed by atoms with Crippen molar-refractivity contribution in [3.63, 3.8) is 0 Å². The Morgan fingerprint density at radius 1 is 1.67 bits per heavy atom. The molecule has 1 unspecified atom stereocenters. The smallest absolute Gasteiger partial charge is 0.357 e. The van der Waals surface area contributed by atoms with Crippen molar-refractivity contribution in [3.05, 3.63) is 23.5 Å². The highest BCUT2D eigenvalue weighted by Crippen LogP contribution is 2.32. The highest BCUT2D eigenvalue weighted by molar-refractivity contribution is 7.81. The van der Waals surface area contributed by atoms with E-state index in [9.17, 15) is 13.6 Å². The maximum Gasteiger partial charge on any atom is 0.357 e. The van der Waals surface area contributed by atoms with Crippen LogP contribution in [0.25, 0.3) is 0 Å². The molecule has 8 nitrogen and oxygen atoms in total. The number of aryl methyl sites for hydroxylation is 1. The molecule has 0 radical (unpaired) electrons. The molecule has 2 rings (SSSR count). The van der Waals surface area contributed by atoms with Gasteiger partial charge in [0.2, 0.25) is 0 Å². The molecular formula is C8H7N4O4S2-. The lowest BCUT2D eigenvalue weighted by Gasteiger charge is -2.24. The number of carboxylic acids is 1. The Kier molecular flexibility index (Phi) is 3.41. The molecule has 2 aromatic rings. The van der Waals surface area contributed by atoms with Crippen LogP contribution in [-0.2, 0) is 18.3 Å². The first kappa shape index (κ1) is 12.7. The van der Waals surface area contributed by atoms with E-state index in [-0.39, 0.29) is 16.5 Å². The molecule has 0 aliphatic heterocycles. The SMILES string of the molecule is Cn1nccc1N(c1scnc1C(=O)O)S(=O)[O-]. The van der Waals surface area contributed by atoms with Crippen LogP contribution in [-0.4, -0.2) is 34.6 Å². The molecule has 18 heavy (non-hydrogen) atoms. The molecule has 0 amide bonds. The van der Waals surface area contributed by atoms with Gasteiger partial charge in [-0.1, -0.05) is 0 Å². The number of aromatic nitrogens is 3. The zero-order valence-electron chi connectivity index (χ0n) is 9.01. The number of thiazole rings is 1. The predicted octanol–water partition coefficient (Wildman–Crippen LogP) is 0.507. The Bertz CT molecular complexity index is 608. The summed E-state index contributed by atoms with van der Waals surface area (Å²) in [5, 5.41) is 12.8. The van der Waals surface area contributed by atoms with Crippen molar-refractivity contribution in [2.24, 2.45) is 7.05 Å². The van der Waals surface area contributed by atoms with Gasteiger partial charge in [-0.25, -0.2) is 14.1 Å². The monoisotopic (exact) mass is 287 g/mol. The fraction of sp³-hybridized carbons (Fsp3) is 0.125. The summed E-state index contributed by atoms with van der Waals surface area (Å²) >= 11 is -1.75. The summed E-state index contributed by atoms with van der Waals surface area (Å²) in [7, 11) is 1.55. The number of carboxylic acid groups (broad SMARTS) is 1. The average Bonchev–Trinajstić information content (AvgIpc) is 2.89. The normalized spacial score (nSPS) is 12.3. The Hall–Kier alpha value is -1.78. The molecule has 0 aliphatic carbocycles. The van der Waals surface area contributed by atoms with Crippen molar-refractivity contribution < 1.29 is 18.7 Å². The summed E-state index contributed by atoms with van der Waals surface area (Å²) in [6.45, 7) is 0. The van der Waals surface area contributed by atoms with E-state index in [0.29, 0.717) is 0 Å². The van der Waals surface area contributed by atoms with Crippen LogP contribution in [0.3, 0.4) is 0 Å². The van der Waals surface area contributed by atoms with Gasteiger partial charge in [-0.2, -0.15) is 5.10 Å². The van der Waals surface area contributed by atoms with E-state index in [1.807, 2.05) is 0 Å². The number of rotatable bonds is 4. The van der Waals surface area contributed by atoms with E-state index in [1.165, 1.54) is 22.5 Å². The van der Waals surface area contributed by atoms with Gasteiger partial charge >= 0.3 is 5.97 Å². The van der Waals surface area contributed by atoms with Crippen molar-refractivity contribution in [1.29, 1.82) is 0 Å². The van der Waals surface area contributed by atoms with Crippen LogP contribution in [0.4, 0.5) is 10.8 Å². The van der Waals surface area contributed by atoms with Crippen LogP contribution in [0, 0.1) is 0 Å². The standard InChI is InChI=1S/C8H8N4O4S2/c1-11-5(2-3-10-11)12(18(15)16)7-6(8(13)14)9-4-17-7/h2-4H,1H3,(H,13,14)(H,15,16)/p-1.